The summed E-state index contributed by atoms with van der Waals surface area (Å²) in [5.41, 5.74) is 6.61. The van der Waals surface area contributed by atoms with E-state index in [1.165, 1.54) is 0 Å². The van der Waals surface area contributed by atoms with Crippen molar-refractivity contribution < 1.29 is 4.79 Å². The van der Waals surface area contributed by atoms with E-state index in [1.807, 2.05) is 31.3 Å². The van der Waals surface area contributed by atoms with Crippen molar-refractivity contribution in [2.24, 2.45) is 11.7 Å². The minimum atomic E-state index is 0.110. The molecule has 16 heavy (non-hydrogen) atoms. The zero-order valence-electron chi connectivity index (χ0n) is 9.19. The number of carbonyl (C=O) groups excluding carboxylic acids is 1. The predicted molar refractivity (Wildman–Crippen MR) is 68.3 cm³/mol. The van der Waals surface area contributed by atoms with Crippen LogP contribution >= 0.6 is 15.9 Å². The van der Waals surface area contributed by atoms with Crippen LogP contribution in [0.25, 0.3) is 0 Å². The van der Waals surface area contributed by atoms with Gasteiger partial charge >= 0.3 is 0 Å². The summed E-state index contributed by atoms with van der Waals surface area (Å²) in [6, 6.07) is 7.96. The quantitative estimate of drug-likeness (QED) is 0.904. The Hall–Kier alpha value is -0.870. The van der Waals surface area contributed by atoms with E-state index in [4.69, 9.17) is 5.73 Å². The Labute approximate surface area is 104 Å². The highest BCUT2D eigenvalue weighted by Gasteiger charge is 2.34. The number of benzene rings is 1. The average molecular weight is 283 g/mol. The largest absolute Gasteiger partial charge is 0.328 e. The van der Waals surface area contributed by atoms with Crippen LogP contribution in [-0.2, 0) is 4.79 Å². The van der Waals surface area contributed by atoms with E-state index in [0.717, 1.165) is 23.0 Å². The van der Waals surface area contributed by atoms with E-state index in [2.05, 4.69) is 15.9 Å². The molecule has 2 N–H and O–H groups in total. The van der Waals surface area contributed by atoms with Crippen LogP contribution in [0.1, 0.15) is 12.8 Å². The normalized spacial score (nSPS) is 23.7. The SMILES string of the molecule is CN(C(=O)C1CC(N)C1)c1cccc(Br)c1. The van der Waals surface area contributed by atoms with Crippen molar-refractivity contribution >= 4 is 27.5 Å². The Morgan fingerprint density at radius 2 is 2.19 bits per heavy atom. The summed E-state index contributed by atoms with van der Waals surface area (Å²) in [5, 5.41) is 0. The van der Waals surface area contributed by atoms with Gasteiger partial charge in [-0.25, -0.2) is 0 Å². The number of amides is 1. The van der Waals surface area contributed by atoms with Crippen LogP contribution in [0.3, 0.4) is 0 Å². The van der Waals surface area contributed by atoms with Crippen LogP contribution in [-0.4, -0.2) is 19.0 Å². The molecule has 1 aliphatic rings. The molecule has 1 aromatic carbocycles. The van der Waals surface area contributed by atoms with Gasteiger partial charge < -0.3 is 10.6 Å². The zero-order chi connectivity index (χ0) is 11.7. The molecule has 0 atom stereocenters. The third kappa shape index (κ3) is 2.28. The van der Waals surface area contributed by atoms with Crippen molar-refractivity contribution in [3.05, 3.63) is 28.7 Å². The van der Waals surface area contributed by atoms with Gasteiger partial charge in [0, 0.05) is 29.2 Å². The van der Waals surface area contributed by atoms with E-state index in [0.29, 0.717) is 0 Å². The molecule has 0 saturated heterocycles. The molecule has 0 spiro atoms. The highest BCUT2D eigenvalue weighted by Crippen LogP contribution is 2.29. The first-order valence-electron chi connectivity index (χ1n) is 5.36. The van der Waals surface area contributed by atoms with Gasteiger partial charge in [0.05, 0.1) is 0 Å². The van der Waals surface area contributed by atoms with Crippen molar-refractivity contribution in [3.8, 4) is 0 Å². The zero-order valence-corrected chi connectivity index (χ0v) is 10.8. The monoisotopic (exact) mass is 282 g/mol. The van der Waals surface area contributed by atoms with Crippen LogP contribution < -0.4 is 10.6 Å². The molecule has 86 valence electrons. The molecular weight excluding hydrogens is 268 g/mol. The minimum absolute atomic E-state index is 0.110. The lowest BCUT2D eigenvalue weighted by Gasteiger charge is -2.34. The molecule has 1 amide bonds. The van der Waals surface area contributed by atoms with Gasteiger partial charge in [0.1, 0.15) is 0 Å². The van der Waals surface area contributed by atoms with Crippen LogP contribution in [0.4, 0.5) is 5.69 Å². The molecule has 2 rings (SSSR count). The first-order valence-corrected chi connectivity index (χ1v) is 6.16. The van der Waals surface area contributed by atoms with Crippen molar-refractivity contribution in [3.63, 3.8) is 0 Å². The Kier molecular flexibility index (Phi) is 3.30. The molecule has 0 radical (unpaired) electrons. The molecule has 0 unspecified atom stereocenters. The summed E-state index contributed by atoms with van der Waals surface area (Å²) in [4.78, 5) is 13.7. The van der Waals surface area contributed by atoms with Crippen LogP contribution in [0.2, 0.25) is 0 Å². The molecule has 1 fully saturated rings. The molecule has 1 aliphatic carbocycles. The lowest BCUT2D eigenvalue weighted by atomic mass is 9.80. The molecule has 0 bridgehead atoms. The smallest absolute Gasteiger partial charge is 0.229 e. The van der Waals surface area contributed by atoms with E-state index in [-0.39, 0.29) is 17.9 Å². The lowest BCUT2D eigenvalue weighted by Crippen LogP contribution is -2.45. The van der Waals surface area contributed by atoms with Gasteiger partial charge in [0.2, 0.25) is 5.91 Å². The summed E-state index contributed by atoms with van der Waals surface area (Å²) in [6.45, 7) is 0. The van der Waals surface area contributed by atoms with Crippen molar-refractivity contribution in [1.82, 2.24) is 0 Å². The molecule has 3 nitrogen and oxygen atoms in total. The number of halogens is 1. The fraction of sp³-hybridized carbons (Fsp3) is 0.417. The fourth-order valence-corrected chi connectivity index (χ4v) is 2.34. The standard InChI is InChI=1S/C12H15BrN2O/c1-15(11-4-2-3-9(13)7-11)12(16)8-5-10(14)6-8/h2-4,7-8,10H,5-6,14H2,1H3. The molecule has 0 heterocycles. The molecule has 0 aliphatic heterocycles. The maximum absolute atomic E-state index is 12.0. The summed E-state index contributed by atoms with van der Waals surface area (Å²) < 4.78 is 0.981. The van der Waals surface area contributed by atoms with Crippen molar-refractivity contribution in [1.29, 1.82) is 0 Å². The number of hydrogen-bond donors (Lipinski definition) is 1. The van der Waals surface area contributed by atoms with Gasteiger partial charge in [-0.15, -0.1) is 0 Å². The fourth-order valence-electron chi connectivity index (χ4n) is 1.95. The van der Waals surface area contributed by atoms with Gasteiger partial charge in [0.25, 0.3) is 0 Å². The summed E-state index contributed by atoms with van der Waals surface area (Å²) in [7, 11) is 1.81. The van der Waals surface area contributed by atoms with Crippen molar-refractivity contribution in [2.75, 3.05) is 11.9 Å². The van der Waals surface area contributed by atoms with Crippen LogP contribution in [0.15, 0.2) is 28.7 Å². The van der Waals surface area contributed by atoms with Gasteiger partial charge in [-0.3, -0.25) is 4.79 Å². The Bertz CT molecular complexity index is 402. The maximum Gasteiger partial charge on any atom is 0.229 e. The Balaban J connectivity index is 2.07. The minimum Gasteiger partial charge on any atom is -0.328 e. The molecular formula is C12H15BrN2O. The second-order valence-corrected chi connectivity index (χ2v) is 5.22. The molecule has 0 aromatic heterocycles. The molecule has 1 saturated carbocycles. The average Bonchev–Trinajstić information content (AvgIpc) is 2.23. The number of rotatable bonds is 2. The predicted octanol–water partition coefficient (Wildman–Crippen LogP) is 2.15. The van der Waals surface area contributed by atoms with Gasteiger partial charge in [-0.2, -0.15) is 0 Å². The maximum atomic E-state index is 12.0. The van der Waals surface area contributed by atoms with Gasteiger partial charge in [0.15, 0.2) is 0 Å². The molecule has 4 heteroatoms. The van der Waals surface area contributed by atoms with E-state index < -0.39 is 0 Å². The Morgan fingerprint density at radius 3 is 2.75 bits per heavy atom. The lowest BCUT2D eigenvalue weighted by molar-refractivity contribution is -0.124. The number of hydrogen-bond acceptors (Lipinski definition) is 2. The van der Waals surface area contributed by atoms with Gasteiger partial charge in [-0.05, 0) is 31.0 Å². The third-order valence-corrected chi connectivity index (χ3v) is 3.54. The number of nitrogens with two attached hydrogens (primary N) is 1. The number of anilines is 1. The number of nitrogens with zero attached hydrogens (tertiary/aromatic N) is 1. The van der Waals surface area contributed by atoms with E-state index in [1.54, 1.807) is 4.90 Å². The topological polar surface area (TPSA) is 46.3 Å². The first-order chi connectivity index (χ1) is 7.58. The summed E-state index contributed by atoms with van der Waals surface area (Å²) in [6.07, 6.45) is 1.63. The summed E-state index contributed by atoms with van der Waals surface area (Å²) in [5.74, 6) is 0.277. The third-order valence-electron chi connectivity index (χ3n) is 3.05. The second kappa shape index (κ2) is 4.55. The molecule has 1 aromatic rings. The van der Waals surface area contributed by atoms with Crippen molar-refractivity contribution in [2.45, 2.75) is 18.9 Å². The number of carbonyl (C=O) groups is 1. The van der Waals surface area contributed by atoms with Gasteiger partial charge in [-0.1, -0.05) is 22.0 Å². The van der Waals surface area contributed by atoms with Crippen LogP contribution in [0.5, 0.6) is 0 Å². The van der Waals surface area contributed by atoms with E-state index in [9.17, 15) is 4.79 Å². The van der Waals surface area contributed by atoms with Crippen LogP contribution in [0, 0.1) is 5.92 Å². The highest BCUT2D eigenvalue weighted by atomic mass is 79.9. The second-order valence-electron chi connectivity index (χ2n) is 4.31. The Morgan fingerprint density at radius 1 is 1.50 bits per heavy atom. The first kappa shape index (κ1) is 11.6. The highest BCUT2D eigenvalue weighted by molar-refractivity contribution is 9.10. The summed E-state index contributed by atoms with van der Waals surface area (Å²) >= 11 is 3.40. The van der Waals surface area contributed by atoms with E-state index >= 15 is 0 Å².